The van der Waals surface area contributed by atoms with Crippen molar-refractivity contribution >= 4 is 21.6 Å². The summed E-state index contributed by atoms with van der Waals surface area (Å²) in [5.74, 6) is 0.355. The van der Waals surface area contributed by atoms with Crippen LogP contribution in [0.3, 0.4) is 0 Å². The molecule has 1 aliphatic rings. The summed E-state index contributed by atoms with van der Waals surface area (Å²) in [6.07, 6.45) is 0. The van der Waals surface area contributed by atoms with Crippen molar-refractivity contribution in [2.45, 2.75) is 11.8 Å². The lowest BCUT2D eigenvalue weighted by Gasteiger charge is -2.28. The fourth-order valence-electron chi connectivity index (χ4n) is 1.90. The van der Waals surface area contributed by atoms with Gasteiger partial charge < -0.3 is 9.64 Å². The molecule has 0 spiro atoms. The maximum atomic E-state index is 12.1. The molecular formula is C12H16N2O4S. The first-order valence-corrected chi connectivity index (χ1v) is 7.31. The van der Waals surface area contributed by atoms with Crippen LogP contribution in [0.2, 0.25) is 0 Å². The van der Waals surface area contributed by atoms with E-state index in [4.69, 9.17) is 4.74 Å². The Kier molecular flexibility index (Phi) is 3.51. The van der Waals surface area contributed by atoms with Gasteiger partial charge >= 0.3 is 0 Å². The molecular weight excluding hydrogens is 268 g/mol. The molecule has 0 bridgehead atoms. The summed E-state index contributed by atoms with van der Waals surface area (Å²) in [5, 5.41) is 0. The number of anilines is 1. The van der Waals surface area contributed by atoms with E-state index in [0.717, 1.165) is 4.31 Å². The lowest BCUT2D eigenvalue weighted by Crippen LogP contribution is -2.38. The topological polar surface area (TPSA) is 66.9 Å². The average Bonchev–Trinajstić information content (AvgIpc) is 2.37. The average molecular weight is 284 g/mol. The molecule has 0 fully saturated rings. The zero-order valence-electron chi connectivity index (χ0n) is 11.1. The molecule has 0 aromatic heterocycles. The first kappa shape index (κ1) is 13.8. The molecule has 0 N–H and O–H groups in total. The standard InChI is InChI=1S/C12H16N2O4S/c1-4-14-10-7-9(19(16,17)13(2)3)5-6-11(10)18-8-12(14)15/h5-7H,4,8H2,1-3H3. The van der Waals surface area contributed by atoms with Crippen molar-refractivity contribution in [2.24, 2.45) is 0 Å². The Morgan fingerprint density at radius 3 is 2.63 bits per heavy atom. The molecule has 1 aliphatic heterocycles. The van der Waals surface area contributed by atoms with Crippen molar-refractivity contribution < 1.29 is 17.9 Å². The van der Waals surface area contributed by atoms with E-state index in [9.17, 15) is 13.2 Å². The van der Waals surface area contributed by atoms with Gasteiger partial charge in [-0.25, -0.2) is 12.7 Å². The predicted molar refractivity (Wildman–Crippen MR) is 70.8 cm³/mol. The van der Waals surface area contributed by atoms with E-state index in [0.29, 0.717) is 18.0 Å². The Hall–Kier alpha value is -1.60. The number of carbonyl (C=O) groups excluding carboxylic acids is 1. The summed E-state index contributed by atoms with van der Waals surface area (Å²) in [6.45, 7) is 2.29. The summed E-state index contributed by atoms with van der Waals surface area (Å²) in [7, 11) is -0.587. The summed E-state index contributed by atoms with van der Waals surface area (Å²) in [6, 6.07) is 4.55. The number of sulfonamides is 1. The van der Waals surface area contributed by atoms with Crippen LogP contribution in [0.15, 0.2) is 23.1 Å². The zero-order chi connectivity index (χ0) is 14.2. The predicted octanol–water partition coefficient (Wildman–Crippen LogP) is 0.682. The second kappa shape index (κ2) is 4.82. The molecule has 1 heterocycles. The zero-order valence-corrected chi connectivity index (χ0v) is 11.9. The highest BCUT2D eigenvalue weighted by Gasteiger charge is 2.27. The molecule has 0 atom stereocenters. The van der Waals surface area contributed by atoms with E-state index < -0.39 is 10.0 Å². The van der Waals surface area contributed by atoms with Crippen LogP contribution in [0.4, 0.5) is 5.69 Å². The van der Waals surface area contributed by atoms with Crippen molar-refractivity contribution in [3.63, 3.8) is 0 Å². The minimum absolute atomic E-state index is 0.0133. The Morgan fingerprint density at radius 1 is 1.37 bits per heavy atom. The monoisotopic (exact) mass is 284 g/mol. The Morgan fingerprint density at radius 2 is 2.05 bits per heavy atom. The van der Waals surface area contributed by atoms with Gasteiger partial charge in [-0.3, -0.25) is 4.79 Å². The molecule has 1 aromatic rings. The highest BCUT2D eigenvalue weighted by molar-refractivity contribution is 7.89. The van der Waals surface area contributed by atoms with E-state index in [1.54, 1.807) is 6.07 Å². The maximum absolute atomic E-state index is 12.1. The second-order valence-corrected chi connectivity index (χ2v) is 6.50. The normalized spacial score (nSPS) is 15.4. The Bertz CT molecular complexity index is 610. The fraction of sp³-hybridized carbons (Fsp3) is 0.417. The third-order valence-electron chi connectivity index (χ3n) is 2.97. The van der Waals surface area contributed by atoms with Crippen LogP contribution in [-0.2, 0) is 14.8 Å². The van der Waals surface area contributed by atoms with Gasteiger partial charge in [-0.1, -0.05) is 0 Å². The molecule has 0 saturated heterocycles. The van der Waals surface area contributed by atoms with Crippen LogP contribution >= 0.6 is 0 Å². The molecule has 6 nitrogen and oxygen atoms in total. The fourth-order valence-corrected chi connectivity index (χ4v) is 2.82. The van der Waals surface area contributed by atoms with Gasteiger partial charge in [0.05, 0.1) is 10.6 Å². The quantitative estimate of drug-likeness (QED) is 0.818. The van der Waals surface area contributed by atoms with Gasteiger partial charge in [0.15, 0.2) is 6.61 Å². The summed E-state index contributed by atoms with van der Waals surface area (Å²) < 4.78 is 30.6. The van der Waals surface area contributed by atoms with Crippen molar-refractivity contribution in [3.05, 3.63) is 18.2 Å². The number of fused-ring (bicyclic) bond motifs is 1. The van der Waals surface area contributed by atoms with Crippen molar-refractivity contribution in [2.75, 3.05) is 32.1 Å². The van der Waals surface area contributed by atoms with Crippen LogP contribution in [-0.4, -0.2) is 45.9 Å². The highest BCUT2D eigenvalue weighted by atomic mass is 32.2. The molecule has 0 aliphatic carbocycles. The van der Waals surface area contributed by atoms with Crippen molar-refractivity contribution in [1.29, 1.82) is 0 Å². The first-order valence-electron chi connectivity index (χ1n) is 5.87. The van der Waals surface area contributed by atoms with Gasteiger partial charge in [0.25, 0.3) is 5.91 Å². The van der Waals surface area contributed by atoms with Crippen LogP contribution in [0.25, 0.3) is 0 Å². The number of rotatable bonds is 3. The molecule has 1 amide bonds. The number of likely N-dealkylation sites (N-methyl/N-ethyl adjacent to an activating group) is 1. The van der Waals surface area contributed by atoms with Crippen molar-refractivity contribution in [1.82, 2.24) is 4.31 Å². The van der Waals surface area contributed by atoms with Crippen LogP contribution < -0.4 is 9.64 Å². The number of nitrogens with zero attached hydrogens (tertiary/aromatic N) is 2. The SMILES string of the molecule is CCN1C(=O)COc2ccc(S(=O)(=O)N(C)C)cc21. The number of amides is 1. The van der Waals surface area contributed by atoms with Gasteiger partial charge in [0.2, 0.25) is 10.0 Å². The van der Waals surface area contributed by atoms with E-state index >= 15 is 0 Å². The molecule has 104 valence electrons. The first-order chi connectivity index (χ1) is 8.87. The van der Waals surface area contributed by atoms with E-state index in [-0.39, 0.29) is 17.4 Å². The van der Waals surface area contributed by atoms with Gasteiger partial charge in [0, 0.05) is 20.6 Å². The second-order valence-electron chi connectivity index (χ2n) is 4.34. The van der Waals surface area contributed by atoms with Crippen molar-refractivity contribution in [3.8, 4) is 5.75 Å². The summed E-state index contributed by atoms with van der Waals surface area (Å²) in [5.41, 5.74) is 0.502. The number of carbonyl (C=O) groups is 1. The molecule has 0 saturated carbocycles. The largest absolute Gasteiger partial charge is 0.482 e. The number of ether oxygens (including phenoxy) is 1. The molecule has 0 unspecified atom stereocenters. The van der Waals surface area contributed by atoms with Crippen LogP contribution in [0, 0.1) is 0 Å². The molecule has 1 aromatic carbocycles. The van der Waals surface area contributed by atoms with Crippen LogP contribution in [0.5, 0.6) is 5.75 Å². The van der Waals surface area contributed by atoms with Gasteiger partial charge in [-0.15, -0.1) is 0 Å². The van der Waals surface area contributed by atoms with Gasteiger partial charge in [-0.2, -0.15) is 0 Å². The highest BCUT2D eigenvalue weighted by Crippen LogP contribution is 2.34. The Labute approximate surface area is 112 Å². The minimum atomic E-state index is -3.52. The van der Waals surface area contributed by atoms with Gasteiger partial charge in [-0.05, 0) is 25.1 Å². The molecule has 2 rings (SSSR count). The lowest BCUT2D eigenvalue weighted by atomic mass is 10.2. The number of hydrogen-bond acceptors (Lipinski definition) is 4. The third kappa shape index (κ3) is 2.31. The summed E-state index contributed by atoms with van der Waals surface area (Å²) >= 11 is 0. The molecule has 7 heteroatoms. The number of benzene rings is 1. The minimum Gasteiger partial charge on any atom is -0.482 e. The summed E-state index contributed by atoms with van der Waals surface area (Å²) in [4.78, 5) is 13.4. The van der Waals surface area contributed by atoms with E-state index in [2.05, 4.69) is 0 Å². The van der Waals surface area contributed by atoms with Gasteiger partial charge in [0.1, 0.15) is 5.75 Å². The van der Waals surface area contributed by atoms with E-state index in [1.165, 1.54) is 31.1 Å². The third-order valence-corrected chi connectivity index (χ3v) is 4.78. The molecule has 0 radical (unpaired) electrons. The number of hydrogen-bond donors (Lipinski definition) is 0. The lowest BCUT2D eigenvalue weighted by molar-refractivity contribution is -0.121. The maximum Gasteiger partial charge on any atom is 0.265 e. The molecule has 19 heavy (non-hydrogen) atoms. The van der Waals surface area contributed by atoms with E-state index in [1.807, 2.05) is 6.92 Å². The Balaban J connectivity index is 2.54. The van der Waals surface area contributed by atoms with Crippen LogP contribution in [0.1, 0.15) is 6.92 Å². The smallest absolute Gasteiger partial charge is 0.265 e.